The molecule has 0 radical (unpaired) electrons. The number of fused-ring (bicyclic) bond motifs is 1. The average Bonchev–Trinajstić information content (AvgIpc) is 3.04. The summed E-state index contributed by atoms with van der Waals surface area (Å²) >= 11 is 0. The van der Waals surface area contributed by atoms with Gasteiger partial charge in [-0.05, 0) is 37.6 Å². The Morgan fingerprint density at radius 3 is 3.21 bits per heavy atom. The van der Waals surface area contributed by atoms with Gasteiger partial charge in [0.2, 0.25) is 5.91 Å². The van der Waals surface area contributed by atoms with Crippen molar-refractivity contribution in [2.24, 2.45) is 0 Å². The minimum absolute atomic E-state index is 0.0101. The van der Waals surface area contributed by atoms with Crippen molar-refractivity contribution in [3.05, 3.63) is 29.8 Å². The highest BCUT2D eigenvalue weighted by Crippen LogP contribution is 2.13. The normalized spacial score (nSPS) is 18.9. The van der Waals surface area contributed by atoms with Crippen molar-refractivity contribution < 1.29 is 9.18 Å². The third kappa shape index (κ3) is 2.58. The zero-order valence-corrected chi connectivity index (χ0v) is 10.4. The van der Waals surface area contributed by atoms with Crippen LogP contribution in [0, 0.1) is 5.82 Å². The molecule has 1 amide bonds. The molecule has 0 saturated carbocycles. The summed E-state index contributed by atoms with van der Waals surface area (Å²) in [5.74, 6) is 0.318. The van der Waals surface area contributed by atoms with Crippen LogP contribution in [-0.2, 0) is 11.3 Å². The number of hydrogen-bond acceptors (Lipinski definition) is 3. The van der Waals surface area contributed by atoms with Crippen molar-refractivity contribution >= 4 is 16.9 Å². The van der Waals surface area contributed by atoms with E-state index in [1.165, 1.54) is 12.1 Å². The monoisotopic (exact) mass is 262 g/mol. The summed E-state index contributed by atoms with van der Waals surface area (Å²) in [7, 11) is 0. The second-order valence-electron chi connectivity index (χ2n) is 4.71. The van der Waals surface area contributed by atoms with E-state index in [1.807, 2.05) is 0 Å². The summed E-state index contributed by atoms with van der Waals surface area (Å²) in [5.41, 5.74) is 1.34. The highest BCUT2D eigenvalue weighted by Gasteiger charge is 2.21. The van der Waals surface area contributed by atoms with Crippen LogP contribution in [0.3, 0.4) is 0 Å². The Bertz CT molecular complexity index is 604. The molecular formula is C13H15FN4O. The van der Waals surface area contributed by atoms with Crippen molar-refractivity contribution in [1.82, 2.24) is 20.6 Å². The summed E-state index contributed by atoms with van der Waals surface area (Å²) in [4.78, 5) is 19.1. The lowest BCUT2D eigenvalue weighted by Gasteiger charge is -2.09. The molecule has 2 aromatic rings. The maximum atomic E-state index is 13.0. The third-order valence-corrected chi connectivity index (χ3v) is 3.30. The molecule has 1 aromatic heterocycles. The number of imidazole rings is 1. The number of aromatic nitrogens is 2. The Kier molecular flexibility index (Phi) is 3.16. The number of halogens is 1. The molecule has 19 heavy (non-hydrogen) atoms. The molecular weight excluding hydrogens is 247 g/mol. The van der Waals surface area contributed by atoms with Gasteiger partial charge in [-0.1, -0.05) is 0 Å². The fraction of sp³-hybridized carbons (Fsp3) is 0.385. The average molecular weight is 262 g/mol. The minimum Gasteiger partial charge on any atom is -0.348 e. The molecule has 0 bridgehead atoms. The maximum Gasteiger partial charge on any atom is 0.237 e. The highest BCUT2D eigenvalue weighted by atomic mass is 19.1. The first-order chi connectivity index (χ1) is 9.22. The maximum absolute atomic E-state index is 13.0. The Labute approximate surface area is 109 Å². The molecule has 6 heteroatoms. The van der Waals surface area contributed by atoms with E-state index in [4.69, 9.17) is 0 Å². The molecule has 2 heterocycles. The van der Waals surface area contributed by atoms with E-state index in [1.54, 1.807) is 6.07 Å². The van der Waals surface area contributed by atoms with Crippen molar-refractivity contribution in [3.8, 4) is 0 Å². The molecule has 1 aliphatic rings. The van der Waals surface area contributed by atoms with E-state index in [0.29, 0.717) is 23.4 Å². The van der Waals surface area contributed by atoms with Gasteiger partial charge in [0, 0.05) is 0 Å². The van der Waals surface area contributed by atoms with E-state index in [-0.39, 0.29) is 17.8 Å². The largest absolute Gasteiger partial charge is 0.348 e. The van der Waals surface area contributed by atoms with E-state index < -0.39 is 0 Å². The van der Waals surface area contributed by atoms with Gasteiger partial charge < -0.3 is 15.6 Å². The number of carbonyl (C=O) groups is 1. The molecule has 1 aromatic carbocycles. The lowest BCUT2D eigenvalue weighted by molar-refractivity contribution is -0.122. The highest BCUT2D eigenvalue weighted by molar-refractivity contribution is 5.82. The molecule has 5 nitrogen and oxygen atoms in total. The van der Waals surface area contributed by atoms with Crippen molar-refractivity contribution in [3.63, 3.8) is 0 Å². The number of rotatable bonds is 3. The van der Waals surface area contributed by atoms with Crippen LogP contribution in [0.25, 0.3) is 11.0 Å². The Hall–Kier alpha value is -1.95. The first kappa shape index (κ1) is 12.1. The zero-order valence-electron chi connectivity index (χ0n) is 10.4. The van der Waals surface area contributed by atoms with Gasteiger partial charge in [0.1, 0.15) is 11.6 Å². The summed E-state index contributed by atoms with van der Waals surface area (Å²) in [6.07, 6.45) is 1.90. The number of amides is 1. The first-order valence-corrected chi connectivity index (χ1v) is 6.37. The molecule has 1 fully saturated rings. The van der Waals surface area contributed by atoms with Gasteiger partial charge in [-0.25, -0.2) is 9.37 Å². The van der Waals surface area contributed by atoms with E-state index in [0.717, 1.165) is 19.4 Å². The smallest absolute Gasteiger partial charge is 0.237 e. The number of hydrogen-bond donors (Lipinski definition) is 3. The predicted molar refractivity (Wildman–Crippen MR) is 68.9 cm³/mol. The SMILES string of the molecule is O=C(NCc1nc2ccc(F)cc2[nH]1)[C@@H]1CCCN1. The van der Waals surface area contributed by atoms with E-state index >= 15 is 0 Å². The van der Waals surface area contributed by atoms with Crippen LogP contribution < -0.4 is 10.6 Å². The van der Waals surface area contributed by atoms with Crippen LogP contribution in [0.1, 0.15) is 18.7 Å². The fourth-order valence-electron chi connectivity index (χ4n) is 2.32. The second-order valence-corrected chi connectivity index (χ2v) is 4.71. The van der Waals surface area contributed by atoms with Gasteiger partial charge in [-0.2, -0.15) is 0 Å². The lowest BCUT2D eigenvalue weighted by atomic mass is 10.2. The molecule has 3 rings (SSSR count). The second kappa shape index (κ2) is 4.97. The Morgan fingerprint density at radius 2 is 2.42 bits per heavy atom. The number of aromatic amines is 1. The van der Waals surface area contributed by atoms with Gasteiger partial charge in [0.05, 0.1) is 23.6 Å². The topological polar surface area (TPSA) is 69.8 Å². The standard InChI is InChI=1S/C13H15FN4O/c14-8-3-4-9-11(6-8)18-12(17-9)7-16-13(19)10-2-1-5-15-10/h3-4,6,10,15H,1-2,5,7H2,(H,16,19)(H,17,18)/t10-/m0/s1. The fourth-order valence-corrected chi connectivity index (χ4v) is 2.32. The van der Waals surface area contributed by atoms with Crippen molar-refractivity contribution in [2.75, 3.05) is 6.54 Å². The molecule has 1 aliphatic heterocycles. The Balaban J connectivity index is 1.66. The molecule has 0 aliphatic carbocycles. The van der Waals surface area contributed by atoms with Crippen LogP contribution in [-0.4, -0.2) is 28.5 Å². The number of benzene rings is 1. The van der Waals surface area contributed by atoms with Gasteiger partial charge in [-0.3, -0.25) is 4.79 Å². The Morgan fingerprint density at radius 1 is 1.53 bits per heavy atom. The first-order valence-electron chi connectivity index (χ1n) is 6.37. The summed E-state index contributed by atoms with van der Waals surface area (Å²) in [6, 6.07) is 4.28. The molecule has 3 N–H and O–H groups in total. The number of H-pyrrole nitrogens is 1. The van der Waals surface area contributed by atoms with Crippen LogP contribution in [0.4, 0.5) is 4.39 Å². The molecule has 100 valence electrons. The zero-order chi connectivity index (χ0) is 13.2. The quantitative estimate of drug-likeness (QED) is 0.775. The molecule has 0 spiro atoms. The predicted octanol–water partition coefficient (Wildman–Crippen LogP) is 1.07. The van der Waals surface area contributed by atoms with E-state index in [2.05, 4.69) is 20.6 Å². The van der Waals surface area contributed by atoms with Gasteiger partial charge in [0.25, 0.3) is 0 Å². The van der Waals surface area contributed by atoms with Crippen molar-refractivity contribution in [1.29, 1.82) is 0 Å². The number of nitrogens with one attached hydrogen (secondary N) is 3. The molecule has 1 saturated heterocycles. The van der Waals surface area contributed by atoms with Crippen LogP contribution in [0.15, 0.2) is 18.2 Å². The van der Waals surface area contributed by atoms with E-state index in [9.17, 15) is 9.18 Å². The summed E-state index contributed by atoms with van der Waals surface area (Å²) in [6.45, 7) is 1.22. The van der Waals surface area contributed by atoms with Crippen LogP contribution in [0.5, 0.6) is 0 Å². The summed E-state index contributed by atoms with van der Waals surface area (Å²) in [5, 5.41) is 5.96. The summed E-state index contributed by atoms with van der Waals surface area (Å²) < 4.78 is 13.0. The van der Waals surface area contributed by atoms with Crippen molar-refractivity contribution in [2.45, 2.75) is 25.4 Å². The van der Waals surface area contributed by atoms with Crippen LogP contribution >= 0.6 is 0 Å². The van der Waals surface area contributed by atoms with Gasteiger partial charge in [-0.15, -0.1) is 0 Å². The van der Waals surface area contributed by atoms with Gasteiger partial charge in [0.15, 0.2) is 0 Å². The number of carbonyl (C=O) groups excluding carboxylic acids is 1. The number of nitrogens with zero attached hydrogens (tertiary/aromatic N) is 1. The third-order valence-electron chi connectivity index (χ3n) is 3.30. The lowest BCUT2D eigenvalue weighted by Crippen LogP contribution is -2.40. The van der Waals surface area contributed by atoms with Crippen LogP contribution in [0.2, 0.25) is 0 Å². The minimum atomic E-state index is -0.304. The molecule has 0 unspecified atom stereocenters. The molecule has 1 atom stereocenters. The van der Waals surface area contributed by atoms with Gasteiger partial charge >= 0.3 is 0 Å².